The Labute approximate surface area is 192 Å². The van der Waals surface area contributed by atoms with Crippen LogP contribution in [-0.4, -0.2) is 41.9 Å². The van der Waals surface area contributed by atoms with Gasteiger partial charge in [-0.25, -0.2) is 19.1 Å². The van der Waals surface area contributed by atoms with Crippen LogP contribution in [0.25, 0.3) is 10.8 Å². The Hall–Kier alpha value is -3.73. The number of fused-ring (bicyclic) bond motifs is 1. The topological polar surface area (TPSA) is 140 Å². The van der Waals surface area contributed by atoms with Gasteiger partial charge in [-0.1, -0.05) is 32.0 Å². The molecule has 2 N–H and O–H groups in total. The van der Waals surface area contributed by atoms with E-state index in [0.717, 1.165) is 11.3 Å². The second-order valence-corrected chi connectivity index (χ2v) is 8.54. The molecule has 3 aromatic rings. The third-order valence-electron chi connectivity index (χ3n) is 4.74. The first-order valence-corrected chi connectivity index (χ1v) is 10.8. The number of benzene rings is 1. The van der Waals surface area contributed by atoms with E-state index in [1.807, 2.05) is 13.8 Å². The lowest BCUT2D eigenvalue weighted by Gasteiger charge is -2.13. The highest BCUT2D eigenvalue weighted by Gasteiger charge is 2.29. The standard InChI is InChI=1S/C22H23N3O7S/c1-11(2)9-25-19(26)13-8-6-5-7-12(13)16(24-25)21(28)32-10-14-15(20(27)30-3)18(23)33-17(14)22(29)31-4/h5-8,11H,9-10,23H2,1-4H3. The number of anilines is 1. The third kappa shape index (κ3) is 4.72. The van der Waals surface area contributed by atoms with Gasteiger partial charge in [-0.2, -0.15) is 5.10 Å². The highest BCUT2D eigenvalue weighted by Crippen LogP contribution is 2.33. The normalized spacial score (nSPS) is 10.9. The van der Waals surface area contributed by atoms with Gasteiger partial charge < -0.3 is 19.9 Å². The number of hydrogen-bond acceptors (Lipinski definition) is 10. The summed E-state index contributed by atoms with van der Waals surface area (Å²) in [7, 11) is 2.35. The molecule has 0 amide bonds. The molecule has 0 fully saturated rings. The number of nitrogen functional groups attached to an aromatic ring is 1. The number of ether oxygens (including phenoxy) is 3. The van der Waals surface area contributed by atoms with E-state index in [1.165, 1.54) is 18.9 Å². The Morgan fingerprint density at radius 3 is 2.30 bits per heavy atom. The Bertz CT molecular complexity index is 1290. The van der Waals surface area contributed by atoms with Crippen molar-refractivity contribution < 1.29 is 28.6 Å². The lowest BCUT2D eigenvalue weighted by atomic mass is 10.1. The number of methoxy groups -OCH3 is 2. The smallest absolute Gasteiger partial charge is 0.359 e. The number of esters is 3. The summed E-state index contributed by atoms with van der Waals surface area (Å²) in [4.78, 5) is 50.2. The Morgan fingerprint density at radius 2 is 1.70 bits per heavy atom. The molecule has 0 spiro atoms. The number of nitrogens with zero attached hydrogens (tertiary/aromatic N) is 2. The largest absolute Gasteiger partial charge is 0.465 e. The van der Waals surface area contributed by atoms with Crippen molar-refractivity contribution in [1.82, 2.24) is 9.78 Å². The van der Waals surface area contributed by atoms with Gasteiger partial charge in [0.15, 0.2) is 5.69 Å². The Balaban J connectivity index is 2.03. The van der Waals surface area contributed by atoms with E-state index in [1.54, 1.807) is 24.3 Å². The van der Waals surface area contributed by atoms with Gasteiger partial charge in [0.05, 0.1) is 19.6 Å². The molecule has 33 heavy (non-hydrogen) atoms. The molecule has 3 rings (SSSR count). The summed E-state index contributed by atoms with van der Waals surface area (Å²) < 4.78 is 16.1. The molecule has 0 unspecified atom stereocenters. The monoisotopic (exact) mass is 473 g/mol. The van der Waals surface area contributed by atoms with Gasteiger partial charge in [-0.3, -0.25) is 4.79 Å². The molecule has 0 atom stereocenters. The molecule has 0 bridgehead atoms. The van der Waals surface area contributed by atoms with Crippen molar-refractivity contribution in [2.24, 2.45) is 5.92 Å². The van der Waals surface area contributed by atoms with Crippen molar-refractivity contribution >= 4 is 45.0 Å². The highest BCUT2D eigenvalue weighted by atomic mass is 32.1. The number of carbonyl (C=O) groups is 3. The lowest BCUT2D eigenvalue weighted by molar-refractivity contribution is 0.0446. The molecule has 174 valence electrons. The quantitative estimate of drug-likeness (QED) is 0.405. The highest BCUT2D eigenvalue weighted by molar-refractivity contribution is 7.18. The number of carbonyl (C=O) groups excluding carboxylic acids is 3. The van der Waals surface area contributed by atoms with E-state index in [9.17, 15) is 19.2 Å². The van der Waals surface area contributed by atoms with Crippen LogP contribution >= 0.6 is 11.3 Å². The SMILES string of the molecule is COC(=O)c1sc(N)c(C(=O)OC)c1COC(=O)c1nn(CC(C)C)c(=O)c2ccccc12. The average Bonchev–Trinajstić information content (AvgIpc) is 3.13. The summed E-state index contributed by atoms with van der Waals surface area (Å²) in [6.45, 7) is 3.70. The minimum absolute atomic E-state index is 0.0193. The molecule has 0 saturated heterocycles. The fourth-order valence-electron chi connectivity index (χ4n) is 3.27. The number of thiophene rings is 1. The minimum atomic E-state index is -0.833. The van der Waals surface area contributed by atoms with Gasteiger partial charge in [0.2, 0.25) is 0 Å². The second kappa shape index (κ2) is 9.82. The summed E-state index contributed by atoms with van der Waals surface area (Å²) >= 11 is 0.829. The van der Waals surface area contributed by atoms with Crippen LogP contribution in [-0.2, 0) is 27.4 Å². The molecule has 2 heterocycles. The molecule has 0 radical (unpaired) electrons. The van der Waals surface area contributed by atoms with Crippen LogP contribution in [0.2, 0.25) is 0 Å². The summed E-state index contributed by atoms with van der Waals surface area (Å²) in [6, 6.07) is 6.58. The molecule has 0 aliphatic carbocycles. The summed E-state index contributed by atoms with van der Waals surface area (Å²) in [6.07, 6.45) is 0. The van der Waals surface area contributed by atoms with Crippen LogP contribution in [0.3, 0.4) is 0 Å². The molecule has 0 aliphatic rings. The molecular formula is C22H23N3O7S. The minimum Gasteiger partial charge on any atom is -0.465 e. The fourth-order valence-corrected chi connectivity index (χ4v) is 4.25. The predicted molar refractivity (Wildman–Crippen MR) is 121 cm³/mol. The zero-order valence-electron chi connectivity index (χ0n) is 18.5. The first kappa shape index (κ1) is 23.9. The van der Waals surface area contributed by atoms with E-state index in [2.05, 4.69) is 5.10 Å². The summed E-state index contributed by atoms with van der Waals surface area (Å²) in [5.74, 6) is -2.24. The maximum atomic E-state index is 13.0. The first-order valence-electron chi connectivity index (χ1n) is 9.94. The van der Waals surface area contributed by atoms with Gasteiger partial charge in [-0.15, -0.1) is 11.3 Å². The van der Waals surface area contributed by atoms with Crippen molar-refractivity contribution in [3.63, 3.8) is 0 Å². The van der Waals surface area contributed by atoms with E-state index in [-0.39, 0.29) is 38.2 Å². The summed E-state index contributed by atoms with van der Waals surface area (Å²) in [5.41, 5.74) is 5.53. The fraction of sp³-hybridized carbons (Fsp3) is 0.318. The van der Waals surface area contributed by atoms with Crippen molar-refractivity contribution in [2.75, 3.05) is 20.0 Å². The number of hydrogen-bond donors (Lipinski definition) is 1. The average molecular weight is 474 g/mol. The second-order valence-electron chi connectivity index (χ2n) is 7.48. The van der Waals surface area contributed by atoms with Crippen LogP contribution in [0.15, 0.2) is 29.1 Å². The van der Waals surface area contributed by atoms with E-state index < -0.39 is 24.5 Å². The maximum Gasteiger partial charge on any atom is 0.359 e. The molecular weight excluding hydrogens is 450 g/mol. The molecule has 10 nitrogen and oxygen atoms in total. The maximum absolute atomic E-state index is 13.0. The zero-order valence-corrected chi connectivity index (χ0v) is 19.4. The number of nitrogens with two attached hydrogens (primary N) is 1. The van der Waals surface area contributed by atoms with E-state index >= 15 is 0 Å². The van der Waals surface area contributed by atoms with Gasteiger partial charge in [0.1, 0.15) is 22.0 Å². The lowest BCUT2D eigenvalue weighted by Crippen LogP contribution is -2.28. The van der Waals surface area contributed by atoms with Gasteiger partial charge >= 0.3 is 17.9 Å². The number of aromatic nitrogens is 2. The third-order valence-corrected chi connectivity index (χ3v) is 5.78. The summed E-state index contributed by atoms with van der Waals surface area (Å²) in [5, 5.41) is 4.92. The number of rotatable bonds is 7. The molecule has 11 heteroatoms. The Kier molecular flexibility index (Phi) is 7.12. The van der Waals surface area contributed by atoms with Gasteiger partial charge in [0, 0.05) is 17.5 Å². The van der Waals surface area contributed by atoms with Crippen LogP contribution in [0.4, 0.5) is 5.00 Å². The van der Waals surface area contributed by atoms with Gasteiger partial charge in [0.25, 0.3) is 5.56 Å². The van der Waals surface area contributed by atoms with Crippen LogP contribution in [0.1, 0.15) is 49.9 Å². The van der Waals surface area contributed by atoms with Crippen molar-refractivity contribution in [1.29, 1.82) is 0 Å². The van der Waals surface area contributed by atoms with Crippen LogP contribution < -0.4 is 11.3 Å². The first-order chi connectivity index (χ1) is 15.7. The van der Waals surface area contributed by atoms with Crippen LogP contribution in [0.5, 0.6) is 0 Å². The molecule has 0 saturated carbocycles. The molecule has 1 aromatic carbocycles. The molecule has 0 aliphatic heterocycles. The predicted octanol–water partition coefficient (Wildman–Crippen LogP) is 2.63. The molecule has 2 aromatic heterocycles. The van der Waals surface area contributed by atoms with Crippen molar-refractivity contribution in [2.45, 2.75) is 27.0 Å². The zero-order chi connectivity index (χ0) is 24.3. The van der Waals surface area contributed by atoms with Crippen molar-refractivity contribution in [3.8, 4) is 0 Å². The van der Waals surface area contributed by atoms with E-state index in [4.69, 9.17) is 19.9 Å². The van der Waals surface area contributed by atoms with Crippen molar-refractivity contribution in [3.05, 3.63) is 56.3 Å². The van der Waals surface area contributed by atoms with E-state index in [0.29, 0.717) is 17.3 Å². The van der Waals surface area contributed by atoms with Gasteiger partial charge in [-0.05, 0) is 12.0 Å². The van der Waals surface area contributed by atoms with Crippen LogP contribution in [0, 0.1) is 5.92 Å². The Morgan fingerprint density at radius 1 is 1.06 bits per heavy atom.